The second kappa shape index (κ2) is 9.97. The number of nitrogens with one attached hydrogen (secondary N) is 1. The fraction of sp³-hybridized carbons (Fsp3) is 0.400. The van der Waals surface area contributed by atoms with E-state index in [2.05, 4.69) is 19.2 Å². The number of thiophene rings is 1. The zero-order chi connectivity index (χ0) is 18.9. The normalized spacial score (nSPS) is 10.4. The number of para-hydroxylation sites is 1. The van der Waals surface area contributed by atoms with Gasteiger partial charge in [0.2, 0.25) is 0 Å². The summed E-state index contributed by atoms with van der Waals surface area (Å²) in [4.78, 5) is 25.9. The van der Waals surface area contributed by atoms with Crippen LogP contribution in [0.1, 0.15) is 45.9 Å². The minimum absolute atomic E-state index is 0.295. The first kappa shape index (κ1) is 20.0. The van der Waals surface area contributed by atoms with Crippen molar-refractivity contribution < 1.29 is 19.1 Å². The van der Waals surface area contributed by atoms with Crippen LogP contribution in [-0.2, 0) is 28.9 Å². The van der Waals surface area contributed by atoms with Gasteiger partial charge < -0.3 is 14.8 Å². The quantitative estimate of drug-likeness (QED) is 0.678. The van der Waals surface area contributed by atoms with Gasteiger partial charge in [0, 0.05) is 17.0 Å². The van der Waals surface area contributed by atoms with E-state index in [0.29, 0.717) is 17.2 Å². The van der Waals surface area contributed by atoms with E-state index in [1.807, 2.05) is 30.3 Å². The number of hydrogen-bond acceptors (Lipinski definition) is 5. The average Bonchev–Trinajstić information content (AvgIpc) is 3.08. The van der Waals surface area contributed by atoms with Crippen molar-refractivity contribution in [1.29, 1.82) is 0 Å². The SMILES string of the molecule is CCCc1sc(C(=O)OCC(=O)NCc2ccccc2OC)cc1CC. The molecule has 0 fully saturated rings. The molecule has 0 aliphatic heterocycles. The van der Waals surface area contributed by atoms with Crippen molar-refractivity contribution in [2.75, 3.05) is 13.7 Å². The monoisotopic (exact) mass is 375 g/mol. The van der Waals surface area contributed by atoms with Crippen LogP contribution in [0, 0.1) is 0 Å². The third kappa shape index (κ3) is 5.33. The van der Waals surface area contributed by atoms with Crippen LogP contribution in [0.3, 0.4) is 0 Å². The maximum atomic E-state index is 12.2. The Hall–Kier alpha value is -2.34. The van der Waals surface area contributed by atoms with E-state index < -0.39 is 5.97 Å². The first-order valence-electron chi connectivity index (χ1n) is 8.76. The first-order chi connectivity index (χ1) is 12.6. The molecule has 6 heteroatoms. The standard InChI is InChI=1S/C20H25NO4S/c1-4-8-17-14(5-2)11-18(26-17)20(23)25-13-19(22)21-12-15-9-6-7-10-16(15)24-3/h6-7,9-11H,4-5,8,12-13H2,1-3H3,(H,21,22). The van der Waals surface area contributed by atoms with E-state index >= 15 is 0 Å². The molecule has 140 valence electrons. The molecule has 1 amide bonds. The van der Waals surface area contributed by atoms with Gasteiger partial charge in [0.15, 0.2) is 6.61 Å². The van der Waals surface area contributed by atoms with Crippen LogP contribution in [-0.4, -0.2) is 25.6 Å². The number of carbonyl (C=O) groups is 2. The van der Waals surface area contributed by atoms with Gasteiger partial charge in [0.05, 0.1) is 7.11 Å². The first-order valence-corrected chi connectivity index (χ1v) is 9.57. The predicted octanol–water partition coefficient (Wildman–Crippen LogP) is 3.74. The molecule has 1 aromatic heterocycles. The number of methoxy groups -OCH3 is 1. The van der Waals surface area contributed by atoms with Crippen molar-refractivity contribution in [3.8, 4) is 5.75 Å². The molecule has 2 rings (SSSR count). The minimum atomic E-state index is -0.445. The highest BCUT2D eigenvalue weighted by atomic mass is 32.1. The predicted molar refractivity (Wildman–Crippen MR) is 103 cm³/mol. The summed E-state index contributed by atoms with van der Waals surface area (Å²) in [6, 6.07) is 9.32. The highest BCUT2D eigenvalue weighted by molar-refractivity contribution is 7.14. The van der Waals surface area contributed by atoms with Crippen molar-refractivity contribution in [2.45, 2.75) is 39.7 Å². The molecule has 1 aromatic carbocycles. The Morgan fingerprint density at radius 2 is 1.92 bits per heavy atom. The number of aryl methyl sites for hydroxylation is 2. The summed E-state index contributed by atoms with van der Waals surface area (Å²) in [5.41, 5.74) is 2.05. The molecule has 0 saturated carbocycles. The van der Waals surface area contributed by atoms with Crippen LogP contribution in [0.2, 0.25) is 0 Å². The summed E-state index contributed by atoms with van der Waals surface area (Å²) < 4.78 is 10.4. The van der Waals surface area contributed by atoms with Gasteiger partial charge in [0.1, 0.15) is 10.6 Å². The number of ether oxygens (including phenoxy) is 2. The Morgan fingerprint density at radius 3 is 2.62 bits per heavy atom. The number of hydrogen-bond donors (Lipinski definition) is 1. The lowest BCUT2D eigenvalue weighted by Crippen LogP contribution is -2.28. The Kier molecular flexibility index (Phi) is 7.66. The summed E-state index contributed by atoms with van der Waals surface area (Å²) in [7, 11) is 1.58. The van der Waals surface area contributed by atoms with Gasteiger partial charge in [-0.05, 0) is 30.5 Å². The fourth-order valence-corrected chi connectivity index (χ4v) is 3.85. The van der Waals surface area contributed by atoms with Crippen molar-refractivity contribution in [2.24, 2.45) is 0 Å². The van der Waals surface area contributed by atoms with E-state index in [4.69, 9.17) is 9.47 Å². The van der Waals surface area contributed by atoms with Gasteiger partial charge in [-0.3, -0.25) is 4.79 Å². The average molecular weight is 375 g/mol. The Balaban J connectivity index is 1.86. The Bertz CT molecular complexity index is 754. The maximum absolute atomic E-state index is 12.2. The molecule has 0 aliphatic carbocycles. The molecule has 0 atom stereocenters. The van der Waals surface area contributed by atoms with Crippen LogP contribution >= 0.6 is 11.3 Å². The van der Waals surface area contributed by atoms with Gasteiger partial charge >= 0.3 is 5.97 Å². The second-order valence-corrected chi connectivity index (χ2v) is 6.96. The summed E-state index contributed by atoms with van der Waals surface area (Å²) >= 11 is 1.46. The fourth-order valence-electron chi connectivity index (χ4n) is 2.60. The molecule has 0 spiro atoms. The third-order valence-electron chi connectivity index (χ3n) is 3.96. The summed E-state index contributed by atoms with van der Waals surface area (Å²) in [5.74, 6) is -0.0799. The smallest absolute Gasteiger partial charge is 0.348 e. The largest absolute Gasteiger partial charge is 0.496 e. The Labute approximate surface area is 158 Å². The molecule has 2 aromatic rings. The Morgan fingerprint density at radius 1 is 1.15 bits per heavy atom. The van der Waals surface area contributed by atoms with Gasteiger partial charge in [-0.25, -0.2) is 4.79 Å². The summed E-state index contributed by atoms with van der Waals surface area (Å²) in [5, 5.41) is 2.74. The van der Waals surface area contributed by atoms with E-state index in [1.165, 1.54) is 21.8 Å². The van der Waals surface area contributed by atoms with Gasteiger partial charge in [0.25, 0.3) is 5.91 Å². The van der Waals surface area contributed by atoms with Crippen LogP contribution in [0.25, 0.3) is 0 Å². The molecular weight excluding hydrogens is 350 g/mol. The molecule has 0 saturated heterocycles. The van der Waals surface area contributed by atoms with E-state index in [1.54, 1.807) is 7.11 Å². The second-order valence-electron chi connectivity index (χ2n) is 5.83. The number of amides is 1. The highest BCUT2D eigenvalue weighted by Gasteiger charge is 2.16. The number of benzene rings is 1. The summed E-state index contributed by atoms with van der Waals surface area (Å²) in [6.45, 7) is 4.21. The van der Waals surface area contributed by atoms with Gasteiger partial charge in [-0.1, -0.05) is 38.5 Å². The topological polar surface area (TPSA) is 64.6 Å². The third-order valence-corrected chi connectivity index (χ3v) is 5.18. The minimum Gasteiger partial charge on any atom is -0.496 e. The lowest BCUT2D eigenvalue weighted by molar-refractivity contribution is -0.124. The highest BCUT2D eigenvalue weighted by Crippen LogP contribution is 2.25. The number of carbonyl (C=O) groups excluding carboxylic acids is 2. The van der Waals surface area contributed by atoms with Crippen molar-refractivity contribution >= 4 is 23.2 Å². The lowest BCUT2D eigenvalue weighted by atomic mass is 10.1. The van der Waals surface area contributed by atoms with Crippen LogP contribution in [0.5, 0.6) is 5.75 Å². The molecule has 0 radical (unpaired) electrons. The molecule has 1 N–H and O–H groups in total. The maximum Gasteiger partial charge on any atom is 0.348 e. The molecule has 0 unspecified atom stereocenters. The van der Waals surface area contributed by atoms with Crippen molar-refractivity contribution in [3.63, 3.8) is 0 Å². The van der Waals surface area contributed by atoms with Crippen LogP contribution < -0.4 is 10.1 Å². The van der Waals surface area contributed by atoms with E-state index in [0.717, 1.165) is 24.8 Å². The van der Waals surface area contributed by atoms with Crippen molar-refractivity contribution in [3.05, 3.63) is 51.2 Å². The molecule has 1 heterocycles. The molecule has 5 nitrogen and oxygen atoms in total. The van der Waals surface area contributed by atoms with E-state index in [9.17, 15) is 9.59 Å². The van der Waals surface area contributed by atoms with Crippen molar-refractivity contribution in [1.82, 2.24) is 5.32 Å². The van der Waals surface area contributed by atoms with Crippen LogP contribution in [0.4, 0.5) is 0 Å². The summed E-state index contributed by atoms with van der Waals surface area (Å²) in [6.07, 6.45) is 2.88. The molecular formula is C20H25NO4S. The van der Waals surface area contributed by atoms with Gasteiger partial charge in [-0.2, -0.15) is 0 Å². The molecule has 26 heavy (non-hydrogen) atoms. The van der Waals surface area contributed by atoms with Crippen LogP contribution in [0.15, 0.2) is 30.3 Å². The zero-order valence-corrected chi connectivity index (χ0v) is 16.3. The molecule has 0 aliphatic rings. The number of rotatable bonds is 9. The lowest BCUT2D eigenvalue weighted by Gasteiger charge is -2.09. The zero-order valence-electron chi connectivity index (χ0n) is 15.5. The molecule has 0 bridgehead atoms. The van der Waals surface area contributed by atoms with E-state index in [-0.39, 0.29) is 12.5 Å². The van der Waals surface area contributed by atoms with Gasteiger partial charge in [-0.15, -0.1) is 11.3 Å². The number of esters is 1.